The normalized spacial score (nSPS) is 18.3. The van der Waals surface area contributed by atoms with Crippen LogP contribution >= 0.6 is 0 Å². The molecule has 0 aromatic heterocycles. The van der Waals surface area contributed by atoms with Gasteiger partial charge >= 0.3 is 0 Å². The van der Waals surface area contributed by atoms with E-state index in [2.05, 4.69) is 9.98 Å². The predicted molar refractivity (Wildman–Crippen MR) is 80.8 cm³/mol. The molecule has 8 nitrogen and oxygen atoms in total. The van der Waals surface area contributed by atoms with Gasteiger partial charge in [0.2, 0.25) is 5.96 Å². The first-order valence-corrected chi connectivity index (χ1v) is 6.76. The Balaban J connectivity index is 0.00000192. The molecular weight excluding hydrogens is 322 g/mol. The molecule has 1 amide bonds. The van der Waals surface area contributed by atoms with Crippen LogP contribution in [0.3, 0.4) is 0 Å². The maximum absolute atomic E-state index is 12.1. The van der Waals surface area contributed by atoms with Crippen LogP contribution in [0.5, 0.6) is 11.5 Å². The molecule has 2 heterocycles. The minimum atomic E-state index is -0.372. The van der Waals surface area contributed by atoms with E-state index in [1.54, 1.807) is 19.1 Å². The van der Waals surface area contributed by atoms with Crippen molar-refractivity contribution in [1.82, 2.24) is 4.90 Å². The van der Waals surface area contributed by atoms with Gasteiger partial charge in [0.1, 0.15) is 6.04 Å². The molecule has 1 aromatic carbocycles. The number of rotatable bonds is 2. The van der Waals surface area contributed by atoms with Crippen molar-refractivity contribution in [3.8, 4) is 11.5 Å². The topological polar surface area (TPSA) is 116 Å². The zero-order valence-electron chi connectivity index (χ0n) is 12.7. The Morgan fingerprint density at radius 1 is 1.26 bits per heavy atom. The largest absolute Gasteiger partial charge is 1.00 e. The summed E-state index contributed by atoms with van der Waals surface area (Å²) >= 11 is 0. The molecule has 4 N–H and O–H groups in total. The van der Waals surface area contributed by atoms with Crippen LogP contribution in [0.15, 0.2) is 22.1 Å². The van der Waals surface area contributed by atoms with Crippen LogP contribution in [0.25, 0.3) is 0 Å². The van der Waals surface area contributed by atoms with Gasteiger partial charge in [-0.15, -0.1) is 0 Å². The van der Waals surface area contributed by atoms with Gasteiger partial charge in [0.25, 0.3) is 5.91 Å². The first kappa shape index (κ1) is 16.9. The molecular formula is C14H17ClN5O3-. The molecule has 1 unspecified atom stereocenters. The highest BCUT2D eigenvalue weighted by molar-refractivity contribution is 6.06. The number of aliphatic imine (C=N–C) groups is 2. The number of hydrogen-bond acceptors (Lipinski definition) is 5. The van der Waals surface area contributed by atoms with Gasteiger partial charge < -0.3 is 38.2 Å². The predicted octanol–water partition coefficient (Wildman–Crippen LogP) is -3.40. The number of methoxy groups -OCH3 is 2. The fraction of sp³-hybridized carbons (Fsp3) is 0.357. The molecule has 0 bridgehead atoms. The Kier molecular flexibility index (Phi) is 4.65. The van der Waals surface area contributed by atoms with E-state index in [1.807, 2.05) is 12.1 Å². The Labute approximate surface area is 139 Å². The zero-order chi connectivity index (χ0) is 15.9. The summed E-state index contributed by atoms with van der Waals surface area (Å²) in [6, 6.07) is 3.43. The average Bonchev–Trinajstić information content (AvgIpc) is 2.78. The van der Waals surface area contributed by atoms with Crippen LogP contribution in [-0.2, 0) is 17.8 Å². The van der Waals surface area contributed by atoms with E-state index < -0.39 is 0 Å². The molecule has 1 atom stereocenters. The van der Waals surface area contributed by atoms with Crippen LogP contribution in [0.1, 0.15) is 11.1 Å². The summed E-state index contributed by atoms with van der Waals surface area (Å²) in [5, 5.41) is 0. The number of benzene rings is 1. The number of nitrogens with zero attached hydrogens (tertiary/aromatic N) is 3. The lowest BCUT2D eigenvalue weighted by Gasteiger charge is -2.31. The number of guanidine groups is 2. The third kappa shape index (κ3) is 2.89. The second-order valence-corrected chi connectivity index (χ2v) is 5.11. The van der Waals surface area contributed by atoms with Crippen molar-refractivity contribution in [2.45, 2.75) is 19.0 Å². The first-order valence-electron chi connectivity index (χ1n) is 6.76. The zero-order valence-corrected chi connectivity index (χ0v) is 13.5. The van der Waals surface area contributed by atoms with Crippen molar-refractivity contribution in [3.05, 3.63) is 23.3 Å². The average molecular weight is 339 g/mol. The fourth-order valence-corrected chi connectivity index (χ4v) is 2.79. The van der Waals surface area contributed by atoms with Gasteiger partial charge in [-0.05, 0) is 23.3 Å². The number of ether oxygens (including phenoxy) is 2. The molecule has 0 spiro atoms. The summed E-state index contributed by atoms with van der Waals surface area (Å²) in [6.45, 7) is 0.488. The standard InChI is InChI=1S/C14H17N5O3.ClH/c1-21-10-4-7-3-9-12(20)17-14(18-13(15)16)19(9)6-8(7)5-11(10)22-2;/h4-5,9H,3,6H2,1-2H3,(H4,15,16,17,18,20);1H/p-1. The van der Waals surface area contributed by atoms with Crippen LogP contribution in [0.2, 0.25) is 0 Å². The minimum Gasteiger partial charge on any atom is -1.00 e. The Hall–Kier alpha value is -2.48. The van der Waals surface area contributed by atoms with E-state index in [0.29, 0.717) is 24.5 Å². The molecule has 2 aliphatic heterocycles. The van der Waals surface area contributed by atoms with Crippen molar-refractivity contribution in [3.63, 3.8) is 0 Å². The van der Waals surface area contributed by atoms with Crippen molar-refractivity contribution < 1.29 is 26.7 Å². The molecule has 0 aliphatic carbocycles. The molecule has 0 saturated heterocycles. The monoisotopic (exact) mass is 338 g/mol. The first-order chi connectivity index (χ1) is 10.5. The van der Waals surface area contributed by atoms with Gasteiger partial charge in [-0.1, -0.05) is 0 Å². The van der Waals surface area contributed by atoms with Crippen molar-refractivity contribution in [2.24, 2.45) is 21.5 Å². The van der Waals surface area contributed by atoms with Gasteiger partial charge in [-0.3, -0.25) is 4.79 Å². The maximum Gasteiger partial charge on any atom is 0.272 e. The van der Waals surface area contributed by atoms with E-state index in [1.165, 1.54) is 0 Å². The Bertz CT molecular complexity index is 700. The lowest BCUT2D eigenvalue weighted by atomic mass is 9.94. The second-order valence-electron chi connectivity index (χ2n) is 5.11. The summed E-state index contributed by atoms with van der Waals surface area (Å²) in [6.07, 6.45) is 0.529. The fourth-order valence-electron chi connectivity index (χ4n) is 2.79. The van der Waals surface area contributed by atoms with Crippen molar-refractivity contribution >= 4 is 17.8 Å². The summed E-state index contributed by atoms with van der Waals surface area (Å²) in [5.41, 5.74) is 12.8. The highest BCUT2D eigenvalue weighted by Gasteiger charge is 2.39. The number of amides is 1. The van der Waals surface area contributed by atoms with Crippen LogP contribution < -0.4 is 33.3 Å². The lowest BCUT2D eigenvalue weighted by Crippen LogP contribution is -3.00. The lowest BCUT2D eigenvalue weighted by molar-refractivity contribution is -0.120. The van der Waals surface area contributed by atoms with Crippen LogP contribution in [0.4, 0.5) is 0 Å². The van der Waals surface area contributed by atoms with Gasteiger partial charge in [0.15, 0.2) is 17.5 Å². The third-order valence-electron chi connectivity index (χ3n) is 3.82. The number of hydrogen-bond donors (Lipinski definition) is 2. The number of nitrogens with two attached hydrogens (primary N) is 2. The highest BCUT2D eigenvalue weighted by Crippen LogP contribution is 2.36. The SMILES string of the molecule is COc1cc2c(cc1OC)CN1C(N=C(N)N)=NC(=O)C1C2.[Cl-]. The summed E-state index contributed by atoms with van der Waals surface area (Å²) in [4.78, 5) is 21.7. The summed E-state index contributed by atoms with van der Waals surface area (Å²) in [7, 11) is 3.17. The van der Waals surface area contributed by atoms with Crippen molar-refractivity contribution in [1.29, 1.82) is 0 Å². The van der Waals surface area contributed by atoms with Gasteiger partial charge in [0, 0.05) is 13.0 Å². The summed E-state index contributed by atoms with van der Waals surface area (Å²) in [5.74, 6) is 1.19. The molecule has 124 valence electrons. The molecule has 23 heavy (non-hydrogen) atoms. The number of carbonyl (C=O) groups excluding carboxylic acids is 1. The maximum atomic E-state index is 12.1. The smallest absolute Gasteiger partial charge is 0.272 e. The molecule has 9 heteroatoms. The van der Waals surface area contributed by atoms with Gasteiger partial charge in [-0.25, -0.2) is 0 Å². The molecule has 0 radical (unpaired) electrons. The van der Waals surface area contributed by atoms with Crippen LogP contribution in [0, 0.1) is 0 Å². The van der Waals surface area contributed by atoms with E-state index in [-0.39, 0.29) is 36.3 Å². The van der Waals surface area contributed by atoms with Gasteiger partial charge in [0.05, 0.1) is 14.2 Å². The number of carbonyl (C=O) groups is 1. The third-order valence-corrected chi connectivity index (χ3v) is 3.82. The minimum absolute atomic E-state index is 0. The van der Waals surface area contributed by atoms with E-state index in [9.17, 15) is 4.79 Å². The second kappa shape index (κ2) is 6.33. The number of halogens is 1. The van der Waals surface area contributed by atoms with E-state index in [0.717, 1.165) is 11.1 Å². The summed E-state index contributed by atoms with van der Waals surface area (Å²) < 4.78 is 10.6. The van der Waals surface area contributed by atoms with Crippen molar-refractivity contribution in [2.75, 3.05) is 14.2 Å². The molecule has 1 aromatic rings. The number of fused-ring (bicyclic) bond motifs is 2. The molecule has 3 rings (SSSR count). The van der Waals surface area contributed by atoms with E-state index in [4.69, 9.17) is 20.9 Å². The van der Waals surface area contributed by atoms with Crippen LogP contribution in [-0.4, -0.2) is 43.0 Å². The highest BCUT2D eigenvalue weighted by atomic mass is 35.5. The quantitative estimate of drug-likeness (QED) is 0.429. The molecule has 0 saturated carbocycles. The Morgan fingerprint density at radius 3 is 2.43 bits per heavy atom. The molecule has 2 aliphatic rings. The van der Waals surface area contributed by atoms with Gasteiger partial charge in [-0.2, -0.15) is 9.98 Å². The van der Waals surface area contributed by atoms with E-state index >= 15 is 0 Å². The molecule has 0 fully saturated rings. The Morgan fingerprint density at radius 2 is 1.87 bits per heavy atom.